The van der Waals surface area contributed by atoms with Crippen molar-refractivity contribution in [2.45, 2.75) is 12.5 Å². The van der Waals surface area contributed by atoms with Gasteiger partial charge in [0.2, 0.25) is 0 Å². The lowest BCUT2D eigenvalue weighted by atomic mass is 9.92. The molecule has 0 saturated carbocycles. The summed E-state index contributed by atoms with van der Waals surface area (Å²) >= 11 is 0. The molecule has 4 heteroatoms. The molecule has 0 unspecified atom stereocenters. The number of benzene rings is 1. The second kappa shape index (κ2) is 3.42. The Morgan fingerprint density at radius 3 is 2.81 bits per heavy atom. The first-order chi connectivity index (χ1) is 7.54. The first-order valence-corrected chi connectivity index (χ1v) is 4.87. The molecular weight excluding hydrogens is 209 g/mol. The molecule has 0 bridgehead atoms. The Morgan fingerprint density at radius 1 is 1.56 bits per heavy atom. The molecule has 1 aliphatic heterocycles. The predicted octanol–water partition coefficient (Wildman–Crippen LogP) is 2.24. The van der Waals surface area contributed by atoms with Crippen LogP contribution in [0.3, 0.4) is 0 Å². The number of halogens is 1. The van der Waals surface area contributed by atoms with E-state index in [1.165, 1.54) is 30.4 Å². The van der Waals surface area contributed by atoms with Crippen molar-refractivity contribution in [1.82, 2.24) is 5.06 Å². The minimum Gasteiger partial charge on any atom is -0.273 e. The van der Waals surface area contributed by atoms with Gasteiger partial charge in [0.25, 0.3) is 5.91 Å². The molecule has 1 amide bonds. The monoisotopic (exact) mass is 221 g/mol. The Kier molecular flexibility index (Phi) is 2.31. The van der Waals surface area contributed by atoms with Gasteiger partial charge in [-0.1, -0.05) is 6.08 Å². The van der Waals surface area contributed by atoms with E-state index >= 15 is 0 Å². The maximum atomic E-state index is 13.2. The van der Waals surface area contributed by atoms with Crippen LogP contribution in [0, 0.1) is 5.82 Å². The molecule has 16 heavy (non-hydrogen) atoms. The maximum Gasteiger partial charge on any atom is 0.278 e. The maximum absolute atomic E-state index is 13.2. The Bertz CT molecular complexity index is 472. The smallest absolute Gasteiger partial charge is 0.273 e. The average molecular weight is 221 g/mol. The van der Waals surface area contributed by atoms with E-state index in [2.05, 4.69) is 6.58 Å². The van der Waals surface area contributed by atoms with E-state index < -0.39 is 5.54 Å². The van der Waals surface area contributed by atoms with Crippen LogP contribution in [-0.4, -0.2) is 18.1 Å². The highest BCUT2D eigenvalue weighted by Crippen LogP contribution is 2.39. The third-order valence-corrected chi connectivity index (χ3v) is 2.94. The number of rotatable bonds is 2. The van der Waals surface area contributed by atoms with Gasteiger partial charge in [0.05, 0.1) is 7.11 Å². The first kappa shape index (κ1) is 10.8. The van der Waals surface area contributed by atoms with Crippen LogP contribution < -0.4 is 0 Å². The molecule has 0 aliphatic carbocycles. The summed E-state index contributed by atoms with van der Waals surface area (Å²) < 4.78 is 13.2. The summed E-state index contributed by atoms with van der Waals surface area (Å²) in [5.74, 6) is -0.655. The van der Waals surface area contributed by atoms with Crippen molar-refractivity contribution in [3.63, 3.8) is 0 Å². The summed E-state index contributed by atoms with van der Waals surface area (Å²) in [6.07, 6.45) is 1.57. The highest BCUT2D eigenvalue weighted by Gasteiger charge is 2.45. The molecule has 1 heterocycles. The van der Waals surface area contributed by atoms with Crippen LogP contribution in [0.15, 0.2) is 30.9 Å². The second-order valence-corrected chi connectivity index (χ2v) is 3.82. The van der Waals surface area contributed by atoms with E-state index in [1.807, 2.05) is 0 Å². The van der Waals surface area contributed by atoms with Gasteiger partial charge in [-0.15, -0.1) is 6.58 Å². The van der Waals surface area contributed by atoms with Crippen molar-refractivity contribution in [2.75, 3.05) is 7.11 Å². The van der Waals surface area contributed by atoms with Gasteiger partial charge in [-0.05, 0) is 30.7 Å². The number of carbonyl (C=O) groups excluding carboxylic acids is 1. The lowest BCUT2D eigenvalue weighted by Crippen LogP contribution is -2.38. The molecule has 84 valence electrons. The van der Waals surface area contributed by atoms with Crippen LogP contribution in [-0.2, 0) is 10.4 Å². The highest BCUT2D eigenvalue weighted by atomic mass is 19.1. The molecule has 1 aliphatic rings. The van der Waals surface area contributed by atoms with Crippen LogP contribution >= 0.6 is 0 Å². The zero-order valence-corrected chi connectivity index (χ0v) is 9.16. The van der Waals surface area contributed by atoms with Crippen molar-refractivity contribution in [3.05, 3.63) is 47.8 Å². The molecule has 1 atom stereocenters. The Morgan fingerprint density at radius 2 is 2.25 bits per heavy atom. The standard InChI is InChI=1S/C12H12FNO2/c1-4-12(2)10-7-8(13)5-6-9(10)11(15)14(12)16-3/h4-7H,1H2,2-3H3/t12-/m0/s1. The minimum atomic E-state index is -0.816. The van der Waals surface area contributed by atoms with Crippen molar-refractivity contribution >= 4 is 5.91 Å². The van der Waals surface area contributed by atoms with Gasteiger partial charge >= 0.3 is 0 Å². The van der Waals surface area contributed by atoms with Crippen molar-refractivity contribution < 1.29 is 14.0 Å². The van der Waals surface area contributed by atoms with E-state index in [-0.39, 0.29) is 11.7 Å². The van der Waals surface area contributed by atoms with Gasteiger partial charge in [-0.3, -0.25) is 9.63 Å². The summed E-state index contributed by atoms with van der Waals surface area (Å²) in [4.78, 5) is 17.0. The molecule has 0 spiro atoms. The van der Waals surface area contributed by atoms with E-state index in [0.717, 1.165) is 0 Å². The summed E-state index contributed by atoms with van der Waals surface area (Å²) in [5.41, 5.74) is 0.212. The van der Waals surface area contributed by atoms with Crippen molar-refractivity contribution in [1.29, 1.82) is 0 Å². The van der Waals surface area contributed by atoms with Crippen LogP contribution in [0.2, 0.25) is 0 Å². The lowest BCUT2D eigenvalue weighted by Gasteiger charge is -2.30. The largest absolute Gasteiger partial charge is 0.278 e. The highest BCUT2D eigenvalue weighted by molar-refractivity contribution is 5.99. The quantitative estimate of drug-likeness (QED) is 0.717. The van der Waals surface area contributed by atoms with E-state index in [9.17, 15) is 9.18 Å². The van der Waals surface area contributed by atoms with E-state index in [4.69, 9.17) is 4.84 Å². The molecule has 0 aromatic heterocycles. The molecule has 0 radical (unpaired) electrons. The Labute approximate surface area is 93.1 Å². The fourth-order valence-corrected chi connectivity index (χ4v) is 2.02. The van der Waals surface area contributed by atoms with Crippen molar-refractivity contribution in [2.24, 2.45) is 0 Å². The molecule has 0 N–H and O–H groups in total. The van der Waals surface area contributed by atoms with Crippen LogP contribution in [0.1, 0.15) is 22.8 Å². The lowest BCUT2D eigenvalue weighted by molar-refractivity contribution is -0.138. The zero-order chi connectivity index (χ0) is 11.9. The molecule has 0 saturated heterocycles. The third-order valence-electron chi connectivity index (χ3n) is 2.94. The van der Waals surface area contributed by atoms with Gasteiger partial charge in [-0.2, -0.15) is 0 Å². The van der Waals surface area contributed by atoms with E-state index in [0.29, 0.717) is 11.1 Å². The molecule has 2 rings (SSSR count). The number of hydrogen-bond acceptors (Lipinski definition) is 2. The second-order valence-electron chi connectivity index (χ2n) is 3.82. The Balaban J connectivity index is 2.69. The summed E-state index contributed by atoms with van der Waals surface area (Å²) in [7, 11) is 1.40. The topological polar surface area (TPSA) is 29.5 Å². The molecule has 3 nitrogen and oxygen atoms in total. The van der Waals surface area contributed by atoms with Crippen molar-refractivity contribution in [3.8, 4) is 0 Å². The summed E-state index contributed by atoms with van der Waals surface area (Å²) in [6, 6.07) is 4.07. The SMILES string of the molecule is C=C[C@@]1(C)c2cc(F)ccc2C(=O)N1OC. The average Bonchev–Trinajstić information content (AvgIpc) is 2.48. The van der Waals surface area contributed by atoms with E-state index in [1.54, 1.807) is 13.0 Å². The number of carbonyl (C=O) groups is 1. The summed E-state index contributed by atoms with van der Waals surface area (Å²) in [6.45, 7) is 5.44. The normalized spacial score (nSPS) is 23.4. The first-order valence-electron chi connectivity index (χ1n) is 4.87. The molecular formula is C12H12FNO2. The van der Waals surface area contributed by atoms with Gasteiger partial charge in [0.1, 0.15) is 11.4 Å². The summed E-state index contributed by atoms with van der Waals surface area (Å²) in [5, 5.41) is 1.20. The third kappa shape index (κ3) is 1.20. The number of hydrogen-bond donors (Lipinski definition) is 0. The van der Waals surface area contributed by atoms with Gasteiger partial charge < -0.3 is 0 Å². The predicted molar refractivity (Wildman–Crippen MR) is 57.1 cm³/mol. The van der Waals surface area contributed by atoms with Gasteiger partial charge in [0, 0.05) is 5.56 Å². The molecule has 0 fully saturated rings. The number of fused-ring (bicyclic) bond motifs is 1. The number of hydroxylamine groups is 2. The minimum absolute atomic E-state index is 0.278. The Hall–Kier alpha value is -1.68. The van der Waals surface area contributed by atoms with Crippen LogP contribution in [0.4, 0.5) is 4.39 Å². The zero-order valence-electron chi connectivity index (χ0n) is 9.16. The van der Waals surface area contributed by atoms with Gasteiger partial charge in [-0.25, -0.2) is 9.45 Å². The number of nitrogens with zero attached hydrogens (tertiary/aromatic N) is 1. The van der Waals surface area contributed by atoms with Gasteiger partial charge in [0.15, 0.2) is 0 Å². The molecule has 1 aromatic rings. The van der Waals surface area contributed by atoms with Crippen LogP contribution in [0.25, 0.3) is 0 Å². The molecule has 1 aromatic carbocycles. The van der Waals surface area contributed by atoms with Crippen LogP contribution in [0.5, 0.6) is 0 Å². The fourth-order valence-electron chi connectivity index (χ4n) is 2.02. The fraction of sp³-hybridized carbons (Fsp3) is 0.250. The number of amides is 1.